The summed E-state index contributed by atoms with van der Waals surface area (Å²) in [5, 5.41) is 9.18. The van der Waals surface area contributed by atoms with Crippen molar-refractivity contribution in [3.05, 3.63) is 36.1 Å². The van der Waals surface area contributed by atoms with Crippen LogP contribution in [0.4, 0.5) is 8.78 Å². The number of rotatable bonds is 3. The zero-order chi connectivity index (χ0) is 10.9. The maximum Gasteiger partial charge on any atom is 0.275 e. The van der Waals surface area contributed by atoms with Crippen molar-refractivity contribution in [3.8, 4) is 0 Å². The van der Waals surface area contributed by atoms with Gasteiger partial charge in [0.1, 0.15) is 5.58 Å². The highest BCUT2D eigenvalue weighted by molar-refractivity contribution is 5.77. The fourth-order valence-electron chi connectivity index (χ4n) is 1.48. The first-order chi connectivity index (χ1) is 7.13. The van der Waals surface area contributed by atoms with Gasteiger partial charge in [0.2, 0.25) is 0 Å². The van der Waals surface area contributed by atoms with Crippen LogP contribution in [-0.2, 0) is 5.92 Å². The minimum absolute atomic E-state index is 0.0922. The van der Waals surface area contributed by atoms with Crippen LogP contribution in [0.3, 0.4) is 0 Å². The predicted molar refractivity (Wildman–Crippen MR) is 51.8 cm³/mol. The lowest BCUT2D eigenvalue weighted by molar-refractivity contribution is -0.0268. The van der Waals surface area contributed by atoms with Gasteiger partial charge in [-0.25, -0.2) is 8.78 Å². The van der Waals surface area contributed by atoms with E-state index in [1.165, 1.54) is 24.5 Å². The number of benzene rings is 1. The zero-order valence-electron chi connectivity index (χ0n) is 7.91. The van der Waals surface area contributed by atoms with Crippen LogP contribution in [0.25, 0.3) is 11.0 Å². The highest BCUT2D eigenvalue weighted by Crippen LogP contribution is 2.33. The fourth-order valence-corrected chi connectivity index (χ4v) is 1.48. The SMILES string of the molecule is OCCC(F)(F)c1ccc2occc2c1. The monoisotopic (exact) mass is 212 g/mol. The van der Waals surface area contributed by atoms with Crippen molar-refractivity contribution < 1.29 is 18.3 Å². The summed E-state index contributed by atoms with van der Waals surface area (Å²) >= 11 is 0. The number of aliphatic hydroxyl groups is 1. The molecule has 0 unspecified atom stereocenters. The minimum atomic E-state index is -2.99. The van der Waals surface area contributed by atoms with Gasteiger partial charge in [0.25, 0.3) is 5.92 Å². The molecule has 0 spiro atoms. The first kappa shape index (κ1) is 10.1. The van der Waals surface area contributed by atoms with Crippen LogP contribution in [0, 0.1) is 0 Å². The van der Waals surface area contributed by atoms with E-state index in [0.29, 0.717) is 11.0 Å². The summed E-state index contributed by atoms with van der Waals surface area (Å²) in [5.74, 6) is -2.99. The Labute approximate surface area is 85.1 Å². The molecule has 0 bridgehead atoms. The van der Waals surface area contributed by atoms with E-state index in [1.807, 2.05) is 0 Å². The maximum absolute atomic E-state index is 13.4. The van der Waals surface area contributed by atoms with Gasteiger partial charge in [-0.1, -0.05) is 0 Å². The number of hydrogen-bond donors (Lipinski definition) is 1. The Bertz CT molecular complexity index is 462. The molecule has 0 fully saturated rings. The number of alkyl halides is 2. The number of hydrogen-bond acceptors (Lipinski definition) is 2. The van der Waals surface area contributed by atoms with Gasteiger partial charge in [0.15, 0.2) is 0 Å². The Kier molecular flexibility index (Phi) is 2.44. The summed E-state index contributed by atoms with van der Waals surface area (Å²) in [4.78, 5) is 0. The number of aliphatic hydroxyl groups excluding tert-OH is 1. The number of halogens is 2. The zero-order valence-corrected chi connectivity index (χ0v) is 7.91. The normalized spacial score (nSPS) is 12.2. The average Bonchev–Trinajstić information content (AvgIpc) is 2.63. The van der Waals surface area contributed by atoms with E-state index in [0.717, 1.165) is 0 Å². The highest BCUT2D eigenvalue weighted by Gasteiger charge is 2.30. The molecule has 80 valence electrons. The summed E-state index contributed by atoms with van der Waals surface area (Å²) in [6.45, 7) is -0.531. The van der Waals surface area contributed by atoms with E-state index in [1.54, 1.807) is 6.07 Å². The number of fused-ring (bicyclic) bond motifs is 1. The second kappa shape index (κ2) is 3.62. The van der Waals surface area contributed by atoms with Crippen molar-refractivity contribution in [1.29, 1.82) is 0 Å². The van der Waals surface area contributed by atoms with Gasteiger partial charge in [0.05, 0.1) is 6.26 Å². The van der Waals surface area contributed by atoms with E-state index in [-0.39, 0.29) is 5.56 Å². The molecule has 1 heterocycles. The Morgan fingerprint density at radius 2 is 2.07 bits per heavy atom. The van der Waals surface area contributed by atoms with Crippen LogP contribution in [0.1, 0.15) is 12.0 Å². The molecule has 2 rings (SSSR count). The van der Waals surface area contributed by atoms with Crippen LogP contribution >= 0.6 is 0 Å². The lowest BCUT2D eigenvalue weighted by Gasteiger charge is -2.14. The molecule has 0 radical (unpaired) electrons. The molecule has 0 aliphatic rings. The van der Waals surface area contributed by atoms with Crippen LogP contribution in [-0.4, -0.2) is 11.7 Å². The third-order valence-electron chi connectivity index (χ3n) is 2.30. The third-order valence-corrected chi connectivity index (χ3v) is 2.30. The van der Waals surface area contributed by atoms with Crippen molar-refractivity contribution in [1.82, 2.24) is 0 Å². The molecule has 0 saturated heterocycles. The van der Waals surface area contributed by atoms with Crippen molar-refractivity contribution in [2.75, 3.05) is 6.61 Å². The molecular formula is C11H10F2O2. The summed E-state index contributed by atoms with van der Waals surface area (Å²) in [7, 11) is 0. The second-order valence-corrected chi connectivity index (χ2v) is 3.35. The average molecular weight is 212 g/mol. The smallest absolute Gasteiger partial charge is 0.275 e. The molecule has 0 aliphatic carbocycles. The summed E-state index contributed by atoms with van der Waals surface area (Å²) in [6, 6.07) is 5.85. The predicted octanol–water partition coefficient (Wildman–Crippen LogP) is 2.91. The molecule has 0 saturated carbocycles. The summed E-state index contributed by atoms with van der Waals surface area (Å²) in [6.07, 6.45) is 0.898. The Hall–Kier alpha value is -1.42. The lowest BCUT2D eigenvalue weighted by Crippen LogP contribution is -2.14. The van der Waals surface area contributed by atoms with Crippen LogP contribution in [0.2, 0.25) is 0 Å². The Morgan fingerprint density at radius 1 is 1.27 bits per heavy atom. The van der Waals surface area contributed by atoms with E-state index >= 15 is 0 Å². The van der Waals surface area contributed by atoms with Crippen molar-refractivity contribution in [2.24, 2.45) is 0 Å². The van der Waals surface area contributed by atoms with Crippen molar-refractivity contribution in [2.45, 2.75) is 12.3 Å². The minimum Gasteiger partial charge on any atom is -0.464 e. The van der Waals surface area contributed by atoms with Crippen molar-refractivity contribution in [3.63, 3.8) is 0 Å². The highest BCUT2D eigenvalue weighted by atomic mass is 19.3. The van der Waals surface area contributed by atoms with E-state index in [2.05, 4.69) is 0 Å². The molecule has 15 heavy (non-hydrogen) atoms. The second-order valence-electron chi connectivity index (χ2n) is 3.35. The van der Waals surface area contributed by atoms with E-state index in [4.69, 9.17) is 9.52 Å². The first-order valence-electron chi connectivity index (χ1n) is 4.60. The van der Waals surface area contributed by atoms with Gasteiger partial charge in [-0.3, -0.25) is 0 Å². The molecule has 1 N–H and O–H groups in total. The van der Waals surface area contributed by atoms with Gasteiger partial charge < -0.3 is 9.52 Å². The fraction of sp³-hybridized carbons (Fsp3) is 0.273. The van der Waals surface area contributed by atoms with E-state index in [9.17, 15) is 8.78 Å². The summed E-state index contributed by atoms with van der Waals surface area (Å²) < 4.78 is 31.9. The maximum atomic E-state index is 13.4. The number of furan rings is 1. The van der Waals surface area contributed by atoms with Crippen LogP contribution in [0.15, 0.2) is 34.9 Å². The summed E-state index contributed by atoms with van der Waals surface area (Å²) in [5.41, 5.74) is 0.490. The molecule has 2 aromatic rings. The lowest BCUT2D eigenvalue weighted by atomic mass is 10.0. The molecule has 0 amide bonds. The molecule has 0 atom stereocenters. The molecular weight excluding hydrogens is 202 g/mol. The Balaban J connectivity index is 2.42. The topological polar surface area (TPSA) is 33.4 Å². The van der Waals surface area contributed by atoms with Gasteiger partial charge >= 0.3 is 0 Å². The molecule has 0 aliphatic heterocycles. The molecule has 2 nitrogen and oxygen atoms in total. The first-order valence-corrected chi connectivity index (χ1v) is 4.60. The largest absolute Gasteiger partial charge is 0.464 e. The van der Waals surface area contributed by atoms with Crippen molar-refractivity contribution >= 4 is 11.0 Å². The third kappa shape index (κ3) is 1.85. The van der Waals surface area contributed by atoms with Gasteiger partial charge in [0, 0.05) is 24.0 Å². The molecule has 1 aromatic carbocycles. The standard InChI is InChI=1S/C11H10F2O2/c12-11(13,4-5-14)9-1-2-10-8(7-9)3-6-15-10/h1-3,6-7,14H,4-5H2. The van der Waals surface area contributed by atoms with Gasteiger partial charge in [-0.05, 0) is 24.3 Å². The van der Waals surface area contributed by atoms with Gasteiger partial charge in [-0.2, -0.15) is 0 Å². The quantitative estimate of drug-likeness (QED) is 0.848. The van der Waals surface area contributed by atoms with Gasteiger partial charge in [-0.15, -0.1) is 0 Å². The van der Waals surface area contributed by atoms with E-state index < -0.39 is 19.0 Å². The van der Waals surface area contributed by atoms with Crippen LogP contribution in [0.5, 0.6) is 0 Å². The Morgan fingerprint density at radius 3 is 2.80 bits per heavy atom. The van der Waals surface area contributed by atoms with Crippen LogP contribution < -0.4 is 0 Å². The molecule has 1 aromatic heterocycles. The molecule has 4 heteroatoms.